The standard InChI is InChI=1S/C12H8O.C3H8.2C2H6/c1-3-7-11-9(5-1)10-6-2-4-8-12(10)13-11;1-3-2;2*1-2/h1-8H;3H2,1-2H3;2*1-2H3. The molecule has 0 spiro atoms. The Kier molecular flexibility index (Phi) is 10.1. The molecule has 3 aromatic rings. The largest absolute Gasteiger partial charge is 0.456 e. The predicted molar refractivity (Wildman–Crippen MR) is 92.4 cm³/mol. The summed E-state index contributed by atoms with van der Waals surface area (Å²) in [7, 11) is 0. The summed E-state index contributed by atoms with van der Waals surface area (Å²) >= 11 is 0. The topological polar surface area (TPSA) is 13.1 Å². The van der Waals surface area contributed by atoms with E-state index >= 15 is 0 Å². The molecule has 3 rings (SSSR count). The Labute approximate surface area is 123 Å². The maximum absolute atomic E-state index is 5.65. The minimum atomic E-state index is 0.962. The number of hydrogen-bond acceptors (Lipinski definition) is 1. The second-order valence-corrected chi connectivity index (χ2v) is 3.80. The van der Waals surface area contributed by atoms with Gasteiger partial charge in [-0.15, -0.1) is 0 Å². The molecule has 0 radical (unpaired) electrons. The molecule has 2 aromatic carbocycles. The molecule has 0 saturated heterocycles. The summed E-state index contributed by atoms with van der Waals surface area (Å²) in [5.74, 6) is 0. The number of para-hydroxylation sites is 2. The number of furan rings is 1. The zero-order chi connectivity index (χ0) is 15.4. The highest BCUT2D eigenvalue weighted by Gasteiger charge is 2.03. The summed E-state index contributed by atoms with van der Waals surface area (Å²) in [6, 6.07) is 16.2. The van der Waals surface area contributed by atoms with E-state index in [0.29, 0.717) is 0 Å². The van der Waals surface area contributed by atoms with E-state index in [1.807, 2.05) is 64.1 Å². The third kappa shape index (κ3) is 4.73. The van der Waals surface area contributed by atoms with Gasteiger partial charge in [0, 0.05) is 10.8 Å². The molecule has 1 heterocycles. The van der Waals surface area contributed by atoms with E-state index < -0.39 is 0 Å². The third-order valence-electron chi connectivity index (χ3n) is 2.28. The summed E-state index contributed by atoms with van der Waals surface area (Å²) in [6.07, 6.45) is 1.25. The molecule has 0 bridgehead atoms. The van der Waals surface area contributed by atoms with E-state index in [4.69, 9.17) is 4.42 Å². The van der Waals surface area contributed by atoms with Crippen LogP contribution in [0.25, 0.3) is 21.9 Å². The van der Waals surface area contributed by atoms with E-state index in [-0.39, 0.29) is 0 Å². The average Bonchev–Trinajstić information content (AvgIpc) is 2.91. The normalized spacial score (nSPS) is 8.70. The highest BCUT2D eigenvalue weighted by molar-refractivity contribution is 6.04. The van der Waals surface area contributed by atoms with Crippen LogP contribution in [0.15, 0.2) is 52.9 Å². The summed E-state index contributed by atoms with van der Waals surface area (Å²) in [4.78, 5) is 0. The van der Waals surface area contributed by atoms with Crippen molar-refractivity contribution < 1.29 is 4.42 Å². The molecule has 20 heavy (non-hydrogen) atoms. The lowest BCUT2D eigenvalue weighted by molar-refractivity contribution is 0.669. The molecule has 0 aliphatic rings. The molecule has 0 aliphatic heterocycles. The van der Waals surface area contributed by atoms with Crippen molar-refractivity contribution in [2.24, 2.45) is 0 Å². The predicted octanol–water partition coefficient (Wildman–Crippen LogP) is 7.05. The van der Waals surface area contributed by atoms with Gasteiger partial charge < -0.3 is 4.42 Å². The number of fused-ring (bicyclic) bond motifs is 3. The highest BCUT2D eigenvalue weighted by Crippen LogP contribution is 2.27. The molecule has 1 heteroatoms. The van der Waals surface area contributed by atoms with Gasteiger partial charge in [-0.3, -0.25) is 0 Å². The molecule has 0 N–H and O–H groups in total. The molecule has 1 nitrogen and oxygen atoms in total. The molecule has 0 amide bonds. The second kappa shape index (κ2) is 11.1. The van der Waals surface area contributed by atoms with E-state index in [1.54, 1.807) is 0 Å². The van der Waals surface area contributed by atoms with E-state index in [9.17, 15) is 0 Å². The maximum Gasteiger partial charge on any atom is 0.135 e. The van der Waals surface area contributed by atoms with Crippen molar-refractivity contribution in [2.45, 2.75) is 48.0 Å². The van der Waals surface area contributed by atoms with Gasteiger partial charge in [0.2, 0.25) is 0 Å². The SMILES string of the molecule is CC.CC.CCC.c1ccc2c(c1)oc1ccccc12. The number of hydrogen-bond donors (Lipinski definition) is 0. The van der Waals surface area contributed by atoms with E-state index in [2.05, 4.69) is 26.0 Å². The van der Waals surface area contributed by atoms with Gasteiger partial charge >= 0.3 is 0 Å². The van der Waals surface area contributed by atoms with Crippen molar-refractivity contribution in [3.63, 3.8) is 0 Å². The van der Waals surface area contributed by atoms with Crippen LogP contribution in [0.4, 0.5) is 0 Å². The van der Waals surface area contributed by atoms with Crippen molar-refractivity contribution in [1.82, 2.24) is 0 Å². The van der Waals surface area contributed by atoms with Crippen molar-refractivity contribution in [3.8, 4) is 0 Å². The third-order valence-corrected chi connectivity index (χ3v) is 2.28. The van der Waals surface area contributed by atoms with Gasteiger partial charge in [0.1, 0.15) is 11.2 Å². The van der Waals surface area contributed by atoms with Crippen molar-refractivity contribution in [2.75, 3.05) is 0 Å². The van der Waals surface area contributed by atoms with Gasteiger partial charge in [0.25, 0.3) is 0 Å². The van der Waals surface area contributed by atoms with Gasteiger partial charge in [-0.2, -0.15) is 0 Å². The van der Waals surface area contributed by atoms with Gasteiger partial charge in [-0.25, -0.2) is 0 Å². The lowest BCUT2D eigenvalue weighted by atomic mass is 10.2. The molecular formula is C19H28O. The quantitative estimate of drug-likeness (QED) is 0.427. The first-order valence-corrected chi connectivity index (χ1v) is 7.73. The zero-order valence-corrected chi connectivity index (χ0v) is 13.7. The first-order valence-electron chi connectivity index (χ1n) is 7.73. The number of rotatable bonds is 0. The molecular weight excluding hydrogens is 244 g/mol. The summed E-state index contributed by atoms with van der Waals surface area (Å²) in [5.41, 5.74) is 1.92. The minimum Gasteiger partial charge on any atom is -0.456 e. The van der Waals surface area contributed by atoms with Crippen LogP contribution in [-0.4, -0.2) is 0 Å². The van der Waals surface area contributed by atoms with Crippen LogP contribution in [0.3, 0.4) is 0 Å². The van der Waals surface area contributed by atoms with Gasteiger partial charge in [-0.1, -0.05) is 84.4 Å². The molecule has 110 valence electrons. The zero-order valence-electron chi connectivity index (χ0n) is 13.7. The first kappa shape index (κ1) is 18.2. The smallest absolute Gasteiger partial charge is 0.135 e. The Morgan fingerprint density at radius 2 is 0.950 bits per heavy atom. The lowest BCUT2D eigenvalue weighted by Gasteiger charge is -1.85. The fraction of sp³-hybridized carbons (Fsp3) is 0.368. The van der Waals surface area contributed by atoms with Crippen LogP contribution in [-0.2, 0) is 0 Å². The molecule has 0 saturated carbocycles. The summed E-state index contributed by atoms with van der Waals surface area (Å²) in [6.45, 7) is 12.2. The van der Waals surface area contributed by atoms with E-state index in [0.717, 1.165) is 11.2 Å². The monoisotopic (exact) mass is 272 g/mol. The molecule has 1 aromatic heterocycles. The summed E-state index contributed by atoms with van der Waals surface area (Å²) < 4.78 is 5.65. The Hall–Kier alpha value is -1.76. The molecule has 0 atom stereocenters. The Morgan fingerprint density at radius 1 is 0.650 bits per heavy atom. The van der Waals surface area contributed by atoms with Crippen LogP contribution in [0.2, 0.25) is 0 Å². The number of benzene rings is 2. The second-order valence-electron chi connectivity index (χ2n) is 3.80. The lowest BCUT2D eigenvalue weighted by Crippen LogP contribution is -1.62. The fourth-order valence-corrected chi connectivity index (χ4v) is 1.67. The minimum absolute atomic E-state index is 0.962. The Balaban J connectivity index is 0.000000451. The molecule has 0 aliphatic carbocycles. The van der Waals surface area contributed by atoms with Gasteiger partial charge in [-0.05, 0) is 12.1 Å². The molecule has 0 unspecified atom stereocenters. The Bertz CT molecular complexity index is 528. The fourth-order valence-electron chi connectivity index (χ4n) is 1.67. The van der Waals surface area contributed by atoms with Crippen molar-refractivity contribution in [3.05, 3.63) is 48.5 Å². The highest BCUT2D eigenvalue weighted by atomic mass is 16.3. The van der Waals surface area contributed by atoms with Crippen LogP contribution in [0.1, 0.15) is 48.0 Å². The van der Waals surface area contributed by atoms with Crippen molar-refractivity contribution >= 4 is 21.9 Å². The molecule has 0 fully saturated rings. The average molecular weight is 272 g/mol. The van der Waals surface area contributed by atoms with Gasteiger partial charge in [0.05, 0.1) is 0 Å². The van der Waals surface area contributed by atoms with Crippen molar-refractivity contribution in [1.29, 1.82) is 0 Å². The van der Waals surface area contributed by atoms with Crippen LogP contribution < -0.4 is 0 Å². The van der Waals surface area contributed by atoms with Crippen LogP contribution in [0.5, 0.6) is 0 Å². The Morgan fingerprint density at radius 3 is 1.30 bits per heavy atom. The maximum atomic E-state index is 5.65. The van der Waals surface area contributed by atoms with Crippen LogP contribution >= 0.6 is 0 Å². The van der Waals surface area contributed by atoms with E-state index in [1.165, 1.54) is 17.2 Å². The van der Waals surface area contributed by atoms with Gasteiger partial charge in [0.15, 0.2) is 0 Å². The van der Waals surface area contributed by atoms with Crippen LogP contribution in [0, 0.1) is 0 Å². The summed E-state index contributed by atoms with van der Waals surface area (Å²) in [5, 5.41) is 2.39. The first-order chi connectivity index (χ1) is 9.86.